The fraction of sp³-hybridized carbons (Fsp3) is 0.250. The van der Waals surface area contributed by atoms with E-state index < -0.39 is 0 Å². The fourth-order valence-corrected chi connectivity index (χ4v) is 1.74. The van der Waals surface area contributed by atoms with Gasteiger partial charge in [-0.15, -0.1) is 0 Å². The molecule has 0 spiro atoms. The maximum Gasteiger partial charge on any atom is 0.230 e. The third-order valence-electron chi connectivity index (χ3n) is 2.84. The van der Waals surface area contributed by atoms with Crippen LogP contribution < -0.4 is 5.32 Å². The zero-order chi connectivity index (χ0) is 11.0. The number of oxazole rings is 1. The first-order valence-electron chi connectivity index (χ1n) is 5.29. The Morgan fingerprint density at radius 2 is 2.12 bits per heavy atom. The van der Waals surface area contributed by atoms with Crippen LogP contribution in [0.2, 0.25) is 0 Å². The molecular weight excluding hydrogens is 204 g/mol. The Hall–Kier alpha value is -1.81. The van der Waals surface area contributed by atoms with E-state index in [0.717, 1.165) is 18.8 Å². The normalized spacial score (nSPS) is 16.0. The van der Waals surface area contributed by atoms with Gasteiger partial charge in [0, 0.05) is 19.0 Å². The Morgan fingerprint density at radius 1 is 1.31 bits per heavy atom. The average molecular weight is 216 g/mol. The molecule has 3 rings (SSSR count). The molecule has 0 radical (unpaired) electrons. The number of para-hydroxylation sites is 1. The molecule has 1 aromatic heterocycles. The standard InChI is InChI=1S/C12H12N2O2/c15-10-4-2-1-3-9(10)12-14-7-11(16-12)8-5-13-6-8/h1-4,7-8,13,15H,5-6H2. The van der Waals surface area contributed by atoms with Gasteiger partial charge in [0.25, 0.3) is 0 Å². The van der Waals surface area contributed by atoms with Gasteiger partial charge >= 0.3 is 0 Å². The first kappa shape index (κ1) is 9.42. The van der Waals surface area contributed by atoms with Crippen molar-refractivity contribution < 1.29 is 9.52 Å². The molecule has 4 nitrogen and oxygen atoms in total. The topological polar surface area (TPSA) is 58.3 Å². The summed E-state index contributed by atoms with van der Waals surface area (Å²) in [5, 5.41) is 12.9. The molecule has 2 N–H and O–H groups in total. The number of aromatic nitrogens is 1. The quantitative estimate of drug-likeness (QED) is 0.802. The molecule has 0 bridgehead atoms. The molecule has 0 atom stereocenters. The molecule has 1 fully saturated rings. The zero-order valence-corrected chi connectivity index (χ0v) is 8.68. The van der Waals surface area contributed by atoms with Crippen molar-refractivity contribution in [1.29, 1.82) is 0 Å². The lowest BCUT2D eigenvalue weighted by atomic mass is 10.0. The van der Waals surface area contributed by atoms with Crippen molar-refractivity contribution >= 4 is 0 Å². The monoisotopic (exact) mass is 216 g/mol. The molecule has 0 aliphatic carbocycles. The van der Waals surface area contributed by atoms with E-state index in [1.54, 1.807) is 24.4 Å². The average Bonchev–Trinajstić information content (AvgIpc) is 2.65. The molecule has 2 aromatic rings. The molecule has 1 aliphatic rings. The Balaban J connectivity index is 1.95. The summed E-state index contributed by atoms with van der Waals surface area (Å²) in [6.07, 6.45) is 1.74. The first-order valence-corrected chi connectivity index (χ1v) is 5.29. The lowest BCUT2D eigenvalue weighted by molar-refractivity contribution is 0.372. The Bertz CT molecular complexity index is 503. The van der Waals surface area contributed by atoms with Crippen molar-refractivity contribution in [2.75, 3.05) is 13.1 Å². The van der Waals surface area contributed by atoms with Crippen LogP contribution in [0.1, 0.15) is 11.7 Å². The van der Waals surface area contributed by atoms with Crippen LogP contribution in [-0.2, 0) is 0 Å². The Morgan fingerprint density at radius 3 is 2.81 bits per heavy atom. The minimum atomic E-state index is 0.197. The summed E-state index contributed by atoms with van der Waals surface area (Å²) in [5.74, 6) is 1.99. The number of nitrogens with one attached hydrogen (secondary N) is 1. The van der Waals surface area contributed by atoms with E-state index in [2.05, 4.69) is 10.3 Å². The van der Waals surface area contributed by atoms with E-state index >= 15 is 0 Å². The summed E-state index contributed by atoms with van der Waals surface area (Å²) in [6, 6.07) is 7.05. The van der Waals surface area contributed by atoms with Crippen molar-refractivity contribution in [2.45, 2.75) is 5.92 Å². The molecule has 82 valence electrons. The van der Waals surface area contributed by atoms with Crippen LogP contribution in [0.25, 0.3) is 11.5 Å². The van der Waals surface area contributed by atoms with Gasteiger partial charge in [-0.05, 0) is 12.1 Å². The van der Waals surface area contributed by atoms with Gasteiger partial charge in [-0.1, -0.05) is 12.1 Å². The van der Waals surface area contributed by atoms with Gasteiger partial charge in [0.15, 0.2) is 0 Å². The number of rotatable bonds is 2. The highest BCUT2D eigenvalue weighted by Gasteiger charge is 2.23. The largest absolute Gasteiger partial charge is 0.507 e. The maximum absolute atomic E-state index is 9.67. The lowest BCUT2D eigenvalue weighted by Crippen LogP contribution is -2.39. The van der Waals surface area contributed by atoms with E-state index in [4.69, 9.17) is 4.42 Å². The number of aromatic hydroxyl groups is 1. The molecular formula is C12H12N2O2. The van der Waals surface area contributed by atoms with Gasteiger partial charge < -0.3 is 14.8 Å². The highest BCUT2D eigenvalue weighted by Crippen LogP contribution is 2.30. The van der Waals surface area contributed by atoms with Gasteiger partial charge in [-0.2, -0.15) is 0 Å². The van der Waals surface area contributed by atoms with Gasteiger partial charge in [-0.25, -0.2) is 4.98 Å². The van der Waals surface area contributed by atoms with Gasteiger partial charge in [0.1, 0.15) is 11.5 Å². The second kappa shape index (κ2) is 3.64. The van der Waals surface area contributed by atoms with Crippen LogP contribution in [0.4, 0.5) is 0 Å². The summed E-state index contributed by atoms with van der Waals surface area (Å²) in [5.41, 5.74) is 0.640. The van der Waals surface area contributed by atoms with E-state index in [-0.39, 0.29) is 5.75 Å². The summed E-state index contributed by atoms with van der Waals surface area (Å²) in [4.78, 5) is 4.20. The van der Waals surface area contributed by atoms with E-state index in [9.17, 15) is 5.11 Å². The molecule has 1 saturated heterocycles. The third-order valence-corrected chi connectivity index (χ3v) is 2.84. The van der Waals surface area contributed by atoms with Crippen molar-refractivity contribution in [3.05, 3.63) is 36.2 Å². The van der Waals surface area contributed by atoms with Gasteiger partial charge in [0.2, 0.25) is 5.89 Å². The summed E-state index contributed by atoms with van der Waals surface area (Å²) in [6.45, 7) is 1.88. The smallest absolute Gasteiger partial charge is 0.230 e. The maximum atomic E-state index is 9.67. The van der Waals surface area contributed by atoms with Crippen molar-refractivity contribution in [2.24, 2.45) is 0 Å². The minimum Gasteiger partial charge on any atom is -0.507 e. The molecule has 16 heavy (non-hydrogen) atoms. The molecule has 1 aliphatic heterocycles. The van der Waals surface area contributed by atoms with Crippen LogP contribution >= 0.6 is 0 Å². The van der Waals surface area contributed by atoms with Crippen LogP contribution in [-0.4, -0.2) is 23.2 Å². The molecule has 0 amide bonds. The second-order valence-corrected chi connectivity index (χ2v) is 3.94. The Labute approximate surface area is 92.9 Å². The zero-order valence-electron chi connectivity index (χ0n) is 8.68. The minimum absolute atomic E-state index is 0.197. The predicted molar refractivity (Wildman–Crippen MR) is 59.2 cm³/mol. The first-order chi connectivity index (χ1) is 7.84. The van der Waals surface area contributed by atoms with Gasteiger partial charge in [0.05, 0.1) is 11.8 Å². The SMILES string of the molecule is Oc1ccccc1-c1ncc(C2CNC2)o1. The highest BCUT2D eigenvalue weighted by molar-refractivity contribution is 5.61. The number of hydrogen-bond donors (Lipinski definition) is 2. The number of phenolic OH excluding ortho intramolecular Hbond substituents is 1. The Kier molecular flexibility index (Phi) is 2.15. The molecule has 1 aromatic carbocycles. The fourth-order valence-electron chi connectivity index (χ4n) is 1.74. The molecule has 0 unspecified atom stereocenters. The number of hydrogen-bond acceptors (Lipinski definition) is 4. The molecule has 2 heterocycles. The predicted octanol–water partition coefficient (Wildman–Crippen LogP) is 1.73. The second-order valence-electron chi connectivity index (χ2n) is 3.94. The number of nitrogens with zero attached hydrogens (tertiary/aromatic N) is 1. The van der Waals surface area contributed by atoms with Crippen LogP contribution in [0.5, 0.6) is 5.75 Å². The lowest BCUT2D eigenvalue weighted by Gasteiger charge is -2.24. The van der Waals surface area contributed by atoms with Crippen molar-refractivity contribution in [3.8, 4) is 17.2 Å². The summed E-state index contributed by atoms with van der Waals surface area (Å²) in [7, 11) is 0. The van der Waals surface area contributed by atoms with Gasteiger partial charge in [-0.3, -0.25) is 0 Å². The number of phenols is 1. The number of benzene rings is 1. The van der Waals surface area contributed by atoms with Crippen LogP contribution in [0.3, 0.4) is 0 Å². The third kappa shape index (κ3) is 1.47. The van der Waals surface area contributed by atoms with Crippen LogP contribution in [0.15, 0.2) is 34.9 Å². The molecule has 4 heteroatoms. The van der Waals surface area contributed by atoms with E-state index in [1.807, 2.05) is 6.07 Å². The van der Waals surface area contributed by atoms with Crippen LogP contribution in [0, 0.1) is 0 Å². The summed E-state index contributed by atoms with van der Waals surface area (Å²) < 4.78 is 5.64. The van der Waals surface area contributed by atoms with Crippen molar-refractivity contribution in [1.82, 2.24) is 10.3 Å². The van der Waals surface area contributed by atoms with E-state index in [1.165, 1.54) is 0 Å². The highest BCUT2D eigenvalue weighted by atomic mass is 16.4. The molecule has 0 saturated carbocycles. The summed E-state index contributed by atoms with van der Waals surface area (Å²) >= 11 is 0. The van der Waals surface area contributed by atoms with E-state index in [0.29, 0.717) is 17.4 Å². The van der Waals surface area contributed by atoms with Crippen molar-refractivity contribution in [3.63, 3.8) is 0 Å².